The van der Waals surface area contributed by atoms with Crippen molar-refractivity contribution < 1.29 is 14.3 Å². The fourth-order valence-corrected chi connectivity index (χ4v) is 4.17. The van der Waals surface area contributed by atoms with E-state index < -0.39 is 5.92 Å². The van der Waals surface area contributed by atoms with E-state index in [2.05, 4.69) is 9.97 Å². The van der Waals surface area contributed by atoms with E-state index in [1.54, 1.807) is 26.5 Å². The normalized spacial score (nSPS) is 11.8. The molecule has 0 aliphatic rings. The largest absolute Gasteiger partial charge is 0.497 e. The highest BCUT2D eigenvalue weighted by Crippen LogP contribution is 2.33. The number of ether oxygens (including phenoxy) is 2. The summed E-state index contributed by atoms with van der Waals surface area (Å²) >= 11 is 12.2. The van der Waals surface area contributed by atoms with Gasteiger partial charge in [-0.25, -0.2) is 9.97 Å². The molecule has 31 heavy (non-hydrogen) atoms. The first kappa shape index (κ1) is 23.0. The monoisotopic (exact) mass is 458 g/mol. The van der Waals surface area contributed by atoms with Gasteiger partial charge in [-0.3, -0.25) is 4.79 Å². The van der Waals surface area contributed by atoms with Crippen molar-refractivity contribution in [2.75, 3.05) is 14.2 Å². The second kappa shape index (κ2) is 10.1. The third kappa shape index (κ3) is 5.35. The van der Waals surface area contributed by atoms with E-state index >= 15 is 0 Å². The Morgan fingerprint density at radius 2 is 1.74 bits per heavy atom. The Kier molecular flexibility index (Phi) is 7.52. The van der Waals surface area contributed by atoms with E-state index in [0.29, 0.717) is 23.5 Å². The van der Waals surface area contributed by atoms with Crippen LogP contribution in [0.25, 0.3) is 0 Å². The van der Waals surface area contributed by atoms with E-state index in [-0.39, 0.29) is 22.6 Å². The number of aryl methyl sites for hydroxylation is 2. The maximum absolute atomic E-state index is 13.6. The van der Waals surface area contributed by atoms with Gasteiger partial charge in [-0.1, -0.05) is 35.9 Å². The van der Waals surface area contributed by atoms with Crippen LogP contribution in [0.2, 0.25) is 10.4 Å². The minimum atomic E-state index is -0.421. The van der Waals surface area contributed by atoms with Gasteiger partial charge >= 0.3 is 0 Å². The van der Waals surface area contributed by atoms with Gasteiger partial charge in [-0.2, -0.15) is 0 Å². The summed E-state index contributed by atoms with van der Waals surface area (Å²) in [4.78, 5) is 21.7. The number of carbonyl (C=O) groups is 1. The fourth-order valence-electron chi connectivity index (χ4n) is 3.79. The molecule has 2 aromatic carbocycles. The van der Waals surface area contributed by atoms with Crippen molar-refractivity contribution in [1.29, 1.82) is 0 Å². The summed E-state index contributed by atoms with van der Waals surface area (Å²) in [5, 5.41) is 0.331. The van der Waals surface area contributed by atoms with Crippen molar-refractivity contribution in [3.8, 4) is 11.5 Å². The van der Waals surface area contributed by atoms with Crippen LogP contribution in [0.4, 0.5) is 0 Å². The second-order valence-corrected chi connectivity index (χ2v) is 8.03. The number of aromatic nitrogens is 2. The summed E-state index contributed by atoms with van der Waals surface area (Å²) in [6.45, 7) is 4.02. The number of rotatable bonds is 8. The standard InChI is InChI=1S/C24H24Cl2N2O3/c1-14-6-5-7-15(2)22(14)19(10-17-13-27-24(26)28-23(17)25)20(29)11-16-8-9-18(30-3)12-21(16)31-4/h5-9,12-13,19H,10-11H2,1-4H3. The molecule has 3 aromatic rings. The van der Waals surface area contributed by atoms with E-state index in [9.17, 15) is 4.79 Å². The lowest BCUT2D eigenvalue weighted by molar-refractivity contribution is -0.119. The van der Waals surface area contributed by atoms with Crippen LogP contribution in [0, 0.1) is 13.8 Å². The molecule has 0 saturated carbocycles. The zero-order valence-corrected chi connectivity index (χ0v) is 19.4. The summed E-state index contributed by atoms with van der Waals surface area (Å²) in [6.07, 6.45) is 2.16. The first-order chi connectivity index (χ1) is 14.8. The number of nitrogens with zero attached hydrogens (tertiary/aromatic N) is 2. The molecule has 162 valence electrons. The second-order valence-electron chi connectivity index (χ2n) is 7.34. The van der Waals surface area contributed by atoms with Gasteiger partial charge in [0.05, 0.1) is 14.2 Å². The quantitative estimate of drug-likeness (QED) is 0.326. The van der Waals surface area contributed by atoms with Crippen molar-refractivity contribution in [3.63, 3.8) is 0 Å². The molecule has 0 aliphatic carbocycles. The van der Waals surface area contributed by atoms with E-state index in [1.165, 1.54) is 0 Å². The van der Waals surface area contributed by atoms with Gasteiger partial charge in [0.25, 0.3) is 0 Å². The number of halogens is 2. The average Bonchev–Trinajstić information content (AvgIpc) is 2.74. The number of carbonyl (C=O) groups excluding carboxylic acids is 1. The Morgan fingerprint density at radius 1 is 1.03 bits per heavy atom. The van der Waals surface area contributed by atoms with Gasteiger partial charge in [0.2, 0.25) is 5.28 Å². The Labute approximate surface area is 192 Å². The lowest BCUT2D eigenvalue weighted by Crippen LogP contribution is -2.20. The van der Waals surface area contributed by atoms with Crippen molar-refractivity contribution >= 4 is 29.0 Å². The minimum Gasteiger partial charge on any atom is -0.497 e. The molecule has 0 fully saturated rings. The molecule has 7 heteroatoms. The van der Waals surface area contributed by atoms with Gasteiger partial charge in [0, 0.05) is 35.7 Å². The van der Waals surface area contributed by atoms with Crippen LogP contribution in [-0.2, 0) is 17.6 Å². The predicted octanol–water partition coefficient (Wildman–Crippen LogP) is 5.56. The number of benzene rings is 2. The van der Waals surface area contributed by atoms with Gasteiger partial charge in [-0.15, -0.1) is 0 Å². The zero-order valence-electron chi connectivity index (χ0n) is 17.9. The van der Waals surface area contributed by atoms with Crippen molar-refractivity contribution in [3.05, 3.63) is 80.8 Å². The highest BCUT2D eigenvalue weighted by atomic mass is 35.5. The molecule has 0 radical (unpaired) electrons. The molecular weight excluding hydrogens is 435 g/mol. The third-order valence-corrected chi connectivity index (χ3v) is 5.85. The first-order valence-corrected chi connectivity index (χ1v) is 10.6. The topological polar surface area (TPSA) is 61.3 Å². The summed E-state index contributed by atoms with van der Waals surface area (Å²) in [5.74, 6) is 0.910. The molecule has 3 rings (SSSR count). The Hall–Kier alpha value is -2.63. The lowest BCUT2D eigenvalue weighted by Gasteiger charge is -2.22. The fraction of sp³-hybridized carbons (Fsp3) is 0.292. The smallest absolute Gasteiger partial charge is 0.223 e. The number of methoxy groups -OCH3 is 2. The molecule has 1 atom stereocenters. The molecule has 0 spiro atoms. The Bertz CT molecular complexity index is 1080. The molecule has 0 amide bonds. The van der Waals surface area contributed by atoms with Gasteiger partial charge in [0.1, 0.15) is 22.4 Å². The summed E-state index contributed by atoms with van der Waals surface area (Å²) in [6, 6.07) is 11.5. The number of Topliss-reactive ketones (excluding diaryl/α,β-unsaturated/α-hetero) is 1. The van der Waals surface area contributed by atoms with Crippen LogP contribution in [0.1, 0.15) is 33.7 Å². The lowest BCUT2D eigenvalue weighted by atomic mass is 9.82. The van der Waals surface area contributed by atoms with Crippen LogP contribution in [0.5, 0.6) is 11.5 Å². The van der Waals surface area contributed by atoms with Gasteiger partial charge < -0.3 is 9.47 Å². The van der Waals surface area contributed by atoms with E-state index in [4.69, 9.17) is 32.7 Å². The van der Waals surface area contributed by atoms with Crippen LogP contribution < -0.4 is 9.47 Å². The van der Waals surface area contributed by atoms with E-state index in [1.807, 2.05) is 44.2 Å². The third-order valence-electron chi connectivity index (χ3n) is 5.34. The minimum absolute atomic E-state index is 0.0480. The van der Waals surface area contributed by atoms with Crippen LogP contribution in [0.15, 0.2) is 42.6 Å². The molecule has 0 bridgehead atoms. The van der Waals surface area contributed by atoms with Gasteiger partial charge in [-0.05, 0) is 54.6 Å². The number of ketones is 1. The van der Waals surface area contributed by atoms with Crippen molar-refractivity contribution in [2.45, 2.75) is 32.6 Å². The van der Waals surface area contributed by atoms with Crippen LogP contribution >= 0.6 is 23.2 Å². The average molecular weight is 459 g/mol. The molecular formula is C24H24Cl2N2O3. The molecule has 0 N–H and O–H groups in total. The SMILES string of the molecule is COc1ccc(CC(=O)C(Cc2cnc(Cl)nc2Cl)c2c(C)cccc2C)c(OC)c1. The highest BCUT2D eigenvalue weighted by Gasteiger charge is 2.26. The maximum atomic E-state index is 13.6. The Balaban J connectivity index is 2.01. The summed E-state index contributed by atoms with van der Waals surface area (Å²) in [7, 11) is 3.17. The van der Waals surface area contributed by atoms with Crippen LogP contribution in [-0.4, -0.2) is 30.0 Å². The highest BCUT2D eigenvalue weighted by molar-refractivity contribution is 6.32. The predicted molar refractivity (Wildman–Crippen MR) is 123 cm³/mol. The van der Waals surface area contributed by atoms with E-state index in [0.717, 1.165) is 22.3 Å². The van der Waals surface area contributed by atoms with Gasteiger partial charge in [0.15, 0.2) is 0 Å². The number of hydrogen-bond donors (Lipinski definition) is 0. The van der Waals surface area contributed by atoms with Crippen molar-refractivity contribution in [1.82, 2.24) is 9.97 Å². The molecule has 1 unspecified atom stereocenters. The van der Waals surface area contributed by atoms with Crippen molar-refractivity contribution in [2.24, 2.45) is 0 Å². The molecule has 0 saturated heterocycles. The molecule has 5 nitrogen and oxygen atoms in total. The molecule has 1 aromatic heterocycles. The zero-order chi connectivity index (χ0) is 22.5. The summed E-state index contributed by atoms with van der Waals surface area (Å²) in [5.41, 5.74) is 4.56. The molecule has 1 heterocycles. The molecule has 0 aliphatic heterocycles. The maximum Gasteiger partial charge on any atom is 0.223 e. The number of hydrogen-bond acceptors (Lipinski definition) is 5. The Morgan fingerprint density at radius 3 is 2.35 bits per heavy atom. The summed E-state index contributed by atoms with van der Waals surface area (Å²) < 4.78 is 10.7. The van der Waals surface area contributed by atoms with Crippen LogP contribution in [0.3, 0.4) is 0 Å². The first-order valence-electron chi connectivity index (χ1n) is 9.80.